The molecule has 3 rings (SSSR count). The molecule has 0 radical (unpaired) electrons. The summed E-state index contributed by atoms with van der Waals surface area (Å²) in [6.45, 7) is 0.411. The summed E-state index contributed by atoms with van der Waals surface area (Å²) in [6.07, 6.45) is 6.77. The minimum Gasteiger partial charge on any atom is -0.345 e. The standard InChI is InChI=1S/C18H24ClN3O4S/c19-15-12-14(22-10-5-11-27(22,25)26)8-9-16(15)21-18(24)17(23)20-13-6-3-1-2-4-7-13/h8-9,12-13H,1-7,10-11H2,(H,20,23)(H,21,24). The number of sulfonamides is 1. The molecule has 1 heterocycles. The Labute approximate surface area is 164 Å². The van der Waals surface area contributed by atoms with Crippen LogP contribution in [0.3, 0.4) is 0 Å². The second kappa shape index (κ2) is 8.48. The van der Waals surface area contributed by atoms with Gasteiger partial charge in [0.1, 0.15) is 0 Å². The molecule has 0 spiro atoms. The van der Waals surface area contributed by atoms with Crippen LogP contribution < -0.4 is 14.9 Å². The maximum atomic E-state index is 12.2. The zero-order valence-corrected chi connectivity index (χ0v) is 16.6. The molecule has 0 atom stereocenters. The van der Waals surface area contributed by atoms with Crippen molar-refractivity contribution in [3.63, 3.8) is 0 Å². The summed E-state index contributed by atoms with van der Waals surface area (Å²) >= 11 is 6.20. The molecule has 0 unspecified atom stereocenters. The van der Waals surface area contributed by atoms with Gasteiger partial charge in [-0.2, -0.15) is 0 Å². The quantitative estimate of drug-likeness (QED) is 0.588. The first-order valence-electron chi connectivity index (χ1n) is 9.28. The molecule has 1 aromatic carbocycles. The Balaban J connectivity index is 1.63. The van der Waals surface area contributed by atoms with Gasteiger partial charge in [0, 0.05) is 12.6 Å². The minimum atomic E-state index is -3.30. The van der Waals surface area contributed by atoms with Gasteiger partial charge < -0.3 is 10.6 Å². The Kier molecular flexibility index (Phi) is 6.26. The fourth-order valence-electron chi connectivity index (χ4n) is 3.54. The SMILES string of the molecule is O=C(Nc1ccc(N2CCCS2(=O)=O)cc1Cl)C(=O)NC1CCCCCC1. The molecule has 9 heteroatoms. The Morgan fingerprint density at radius 3 is 2.33 bits per heavy atom. The molecule has 0 bridgehead atoms. The van der Waals surface area contributed by atoms with Gasteiger partial charge in [0.25, 0.3) is 0 Å². The highest BCUT2D eigenvalue weighted by atomic mass is 35.5. The molecule has 1 aliphatic carbocycles. The van der Waals surface area contributed by atoms with Gasteiger partial charge in [-0.25, -0.2) is 8.42 Å². The van der Waals surface area contributed by atoms with Crippen LogP contribution in [0.15, 0.2) is 18.2 Å². The van der Waals surface area contributed by atoms with Gasteiger partial charge in [0.05, 0.1) is 22.2 Å². The van der Waals surface area contributed by atoms with Crippen molar-refractivity contribution in [1.82, 2.24) is 5.32 Å². The third kappa shape index (κ3) is 4.93. The van der Waals surface area contributed by atoms with Crippen LogP contribution in [-0.4, -0.2) is 38.6 Å². The number of hydrogen-bond acceptors (Lipinski definition) is 4. The third-order valence-electron chi connectivity index (χ3n) is 4.98. The first-order chi connectivity index (χ1) is 12.9. The van der Waals surface area contributed by atoms with E-state index in [2.05, 4.69) is 10.6 Å². The molecular formula is C18H24ClN3O4S. The molecule has 0 aromatic heterocycles. The van der Waals surface area contributed by atoms with Crippen molar-refractivity contribution >= 4 is 44.8 Å². The summed E-state index contributed by atoms with van der Waals surface area (Å²) in [7, 11) is -3.30. The zero-order chi connectivity index (χ0) is 19.4. The molecule has 27 heavy (non-hydrogen) atoms. The molecule has 1 saturated carbocycles. The number of nitrogens with one attached hydrogen (secondary N) is 2. The highest BCUT2D eigenvalue weighted by molar-refractivity contribution is 7.93. The summed E-state index contributed by atoms with van der Waals surface area (Å²) in [5, 5.41) is 5.47. The lowest BCUT2D eigenvalue weighted by Crippen LogP contribution is -2.41. The van der Waals surface area contributed by atoms with E-state index >= 15 is 0 Å². The normalized spacial score (nSPS) is 20.1. The van der Waals surface area contributed by atoms with Crippen LogP contribution in [0, 0.1) is 0 Å². The number of anilines is 2. The van der Waals surface area contributed by atoms with E-state index in [9.17, 15) is 18.0 Å². The van der Waals surface area contributed by atoms with Crippen molar-refractivity contribution in [1.29, 1.82) is 0 Å². The molecule has 2 N–H and O–H groups in total. The van der Waals surface area contributed by atoms with Gasteiger partial charge in [-0.05, 0) is 37.5 Å². The van der Waals surface area contributed by atoms with Crippen LogP contribution in [0.4, 0.5) is 11.4 Å². The van der Waals surface area contributed by atoms with Crippen LogP contribution in [-0.2, 0) is 19.6 Å². The number of nitrogens with zero attached hydrogens (tertiary/aromatic N) is 1. The average molecular weight is 414 g/mol. The summed E-state index contributed by atoms with van der Waals surface area (Å²) < 4.78 is 25.3. The van der Waals surface area contributed by atoms with Crippen LogP contribution in [0.5, 0.6) is 0 Å². The maximum absolute atomic E-state index is 12.2. The lowest BCUT2D eigenvalue weighted by Gasteiger charge is -2.18. The lowest BCUT2D eigenvalue weighted by atomic mass is 10.1. The number of carbonyl (C=O) groups excluding carboxylic acids is 2. The van der Waals surface area contributed by atoms with Gasteiger partial charge in [0.2, 0.25) is 10.0 Å². The predicted octanol–water partition coefficient (Wildman–Crippen LogP) is 2.66. The van der Waals surface area contributed by atoms with E-state index in [-0.39, 0.29) is 22.5 Å². The Bertz CT molecular complexity index is 820. The molecule has 148 valence electrons. The third-order valence-corrected chi connectivity index (χ3v) is 7.17. The molecule has 2 fully saturated rings. The van der Waals surface area contributed by atoms with Crippen molar-refractivity contribution in [2.45, 2.75) is 51.0 Å². The van der Waals surface area contributed by atoms with E-state index in [1.54, 1.807) is 6.07 Å². The van der Waals surface area contributed by atoms with E-state index in [0.717, 1.165) is 38.5 Å². The second-order valence-electron chi connectivity index (χ2n) is 7.02. The predicted molar refractivity (Wildman–Crippen MR) is 105 cm³/mol. The number of halogens is 1. The number of amides is 2. The summed E-state index contributed by atoms with van der Waals surface area (Å²) in [4.78, 5) is 24.3. The maximum Gasteiger partial charge on any atom is 0.313 e. The van der Waals surface area contributed by atoms with E-state index in [1.807, 2.05) is 0 Å². The zero-order valence-electron chi connectivity index (χ0n) is 15.0. The van der Waals surface area contributed by atoms with E-state index in [4.69, 9.17) is 11.6 Å². The topological polar surface area (TPSA) is 95.6 Å². The van der Waals surface area contributed by atoms with E-state index in [0.29, 0.717) is 18.7 Å². The molecule has 1 saturated heterocycles. The second-order valence-corrected chi connectivity index (χ2v) is 9.44. The Hall–Kier alpha value is -1.80. The Morgan fingerprint density at radius 1 is 1.04 bits per heavy atom. The van der Waals surface area contributed by atoms with Crippen LogP contribution in [0.2, 0.25) is 5.02 Å². The number of rotatable bonds is 3. The van der Waals surface area contributed by atoms with Gasteiger partial charge in [-0.3, -0.25) is 13.9 Å². The van der Waals surface area contributed by atoms with Gasteiger partial charge in [0.15, 0.2) is 0 Å². The fourth-order valence-corrected chi connectivity index (χ4v) is 5.32. The largest absolute Gasteiger partial charge is 0.345 e. The molecule has 1 aliphatic heterocycles. The first kappa shape index (κ1) is 19.9. The van der Waals surface area contributed by atoms with Crippen molar-refractivity contribution in [3.8, 4) is 0 Å². The van der Waals surface area contributed by atoms with E-state index in [1.165, 1.54) is 16.4 Å². The first-order valence-corrected chi connectivity index (χ1v) is 11.3. The number of carbonyl (C=O) groups is 2. The highest BCUT2D eigenvalue weighted by Crippen LogP contribution is 2.31. The molecule has 7 nitrogen and oxygen atoms in total. The average Bonchev–Trinajstić information content (AvgIpc) is 2.81. The number of hydrogen-bond donors (Lipinski definition) is 2. The van der Waals surface area contributed by atoms with Gasteiger partial charge >= 0.3 is 11.8 Å². The molecule has 2 amide bonds. The van der Waals surface area contributed by atoms with Crippen molar-refractivity contribution in [2.75, 3.05) is 21.9 Å². The van der Waals surface area contributed by atoms with Crippen LogP contribution in [0.1, 0.15) is 44.9 Å². The highest BCUT2D eigenvalue weighted by Gasteiger charge is 2.29. The van der Waals surface area contributed by atoms with E-state index < -0.39 is 21.8 Å². The summed E-state index contributed by atoms with van der Waals surface area (Å²) in [6, 6.07) is 4.61. The number of benzene rings is 1. The smallest absolute Gasteiger partial charge is 0.313 e. The van der Waals surface area contributed by atoms with Crippen molar-refractivity contribution in [3.05, 3.63) is 23.2 Å². The minimum absolute atomic E-state index is 0.0315. The van der Waals surface area contributed by atoms with Crippen LogP contribution in [0.25, 0.3) is 0 Å². The molecule has 2 aliphatic rings. The lowest BCUT2D eigenvalue weighted by molar-refractivity contribution is -0.136. The monoisotopic (exact) mass is 413 g/mol. The molecular weight excluding hydrogens is 390 g/mol. The fraction of sp³-hybridized carbons (Fsp3) is 0.556. The summed E-state index contributed by atoms with van der Waals surface area (Å²) in [5.41, 5.74) is 0.733. The van der Waals surface area contributed by atoms with Gasteiger partial charge in [-0.1, -0.05) is 37.3 Å². The van der Waals surface area contributed by atoms with Crippen molar-refractivity contribution in [2.24, 2.45) is 0 Å². The Morgan fingerprint density at radius 2 is 1.74 bits per heavy atom. The van der Waals surface area contributed by atoms with Crippen molar-refractivity contribution < 1.29 is 18.0 Å². The summed E-state index contributed by atoms with van der Waals surface area (Å²) in [5.74, 6) is -1.34. The van der Waals surface area contributed by atoms with Gasteiger partial charge in [-0.15, -0.1) is 0 Å². The molecule has 1 aromatic rings. The van der Waals surface area contributed by atoms with Crippen LogP contribution >= 0.6 is 11.6 Å².